The van der Waals surface area contributed by atoms with Crippen LogP contribution >= 0.6 is 0 Å². The zero-order chi connectivity index (χ0) is 13.6. The fourth-order valence-corrected chi connectivity index (χ4v) is 2.70. The largest absolute Gasteiger partial charge is 0.450 e. The molecular formula is C14H15FN2O2. The van der Waals surface area contributed by atoms with E-state index in [9.17, 15) is 9.18 Å². The molecule has 0 N–H and O–H groups in total. The average Bonchev–Trinajstić information content (AvgIpc) is 2.91. The van der Waals surface area contributed by atoms with Gasteiger partial charge in [0.25, 0.3) is 0 Å². The summed E-state index contributed by atoms with van der Waals surface area (Å²) in [5.41, 5.74) is 3.06. The van der Waals surface area contributed by atoms with E-state index in [1.165, 1.54) is 12.1 Å². The number of benzene rings is 1. The van der Waals surface area contributed by atoms with E-state index < -0.39 is 0 Å². The van der Waals surface area contributed by atoms with Gasteiger partial charge in [0.15, 0.2) is 0 Å². The highest BCUT2D eigenvalue weighted by atomic mass is 19.1. The second-order valence-corrected chi connectivity index (χ2v) is 4.70. The lowest BCUT2D eigenvalue weighted by molar-refractivity contribution is 0.106. The van der Waals surface area contributed by atoms with Gasteiger partial charge in [-0.1, -0.05) is 0 Å². The van der Waals surface area contributed by atoms with Gasteiger partial charge in [-0.2, -0.15) is 0 Å². The number of carbonyl (C=O) groups is 1. The van der Waals surface area contributed by atoms with Crippen molar-refractivity contribution in [3.8, 4) is 0 Å². The number of aromatic nitrogens is 1. The number of amides is 1. The van der Waals surface area contributed by atoms with Crippen LogP contribution in [0.25, 0.3) is 10.9 Å². The highest BCUT2D eigenvalue weighted by Crippen LogP contribution is 2.33. The zero-order valence-electron chi connectivity index (χ0n) is 10.9. The summed E-state index contributed by atoms with van der Waals surface area (Å²) in [5, 5.41) is 0.879. The van der Waals surface area contributed by atoms with Crippen molar-refractivity contribution in [2.45, 2.75) is 20.0 Å². The smallest absolute Gasteiger partial charge is 0.410 e. The molecule has 4 nitrogen and oxygen atoms in total. The van der Waals surface area contributed by atoms with E-state index in [4.69, 9.17) is 4.74 Å². The third-order valence-electron chi connectivity index (χ3n) is 3.61. The Morgan fingerprint density at radius 1 is 1.42 bits per heavy atom. The molecule has 1 amide bonds. The zero-order valence-corrected chi connectivity index (χ0v) is 10.9. The Hall–Kier alpha value is -2.04. The molecule has 5 heteroatoms. The van der Waals surface area contributed by atoms with Gasteiger partial charge in [-0.05, 0) is 25.1 Å². The lowest BCUT2D eigenvalue weighted by Gasteiger charge is -2.15. The van der Waals surface area contributed by atoms with Crippen LogP contribution in [0, 0.1) is 5.82 Å². The predicted octanol–water partition coefficient (Wildman–Crippen LogP) is 2.79. The Bertz CT molecular complexity index is 663. The van der Waals surface area contributed by atoms with E-state index in [1.807, 2.05) is 11.6 Å². The summed E-state index contributed by atoms with van der Waals surface area (Å²) in [6.07, 6.45) is -0.316. The number of ether oxygens (including phenoxy) is 1. The predicted molar refractivity (Wildman–Crippen MR) is 69.1 cm³/mol. The Kier molecular flexibility index (Phi) is 2.69. The lowest BCUT2D eigenvalue weighted by atomic mass is 10.1. The molecule has 100 valence electrons. The van der Waals surface area contributed by atoms with E-state index in [2.05, 4.69) is 0 Å². The van der Waals surface area contributed by atoms with Crippen LogP contribution in [0.3, 0.4) is 0 Å². The van der Waals surface area contributed by atoms with E-state index in [-0.39, 0.29) is 11.9 Å². The van der Waals surface area contributed by atoms with Gasteiger partial charge < -0.3 is 9.30 Å². The summed E-state index contributed by atoms with van der Waals surface area (Å²) in [6, 6.07) is 4.77. The van der Waals surface area contributed by atoms with Gasteiger partial charge in [-0.25, -0.2) is 9.18 Å². The lowest BCUT2D eigenvalue weighted by Crippen LogP contribution is -2.26. The van der Waals surface area contributed by atoms with Gasteiger partial charge in [0.1, 0.15) is 5.82 Å². The molecule has 3 rings (SSSR count). The van der Waals surface area contributed by atoms with Crippen LogP contribution in [0.5, 0.6) is 0 Å². The van der Waals surface area contributed by atoms with Gasteiger partial charge in [-0.3, -0.25) is 4.90 Å². The number of hydrogen-bond acceptors (Lipinski definition) is 2. The molecule has 1 aliphatic heterocycles. The summed E-state index contributed by atoms with van der Waals surface area (Å²) < 4.78 is 20.4. The number of hydrogen-bond donors (Lipinski definition) is 0. The van der Waals surface area contributed by atoms with E-state index in [0.717, 1.165) is 22.2 Å². The van der Waals surface area contributed by atoms with Crippen LogP contribution in [0.4, 0.5) is 9.18 Å². The molecule has 0 spiro atoms. The number of aryl methyl sites for hydroxylation is 1. The first kappa shape index (κ1) is 12.0. The fourth-order valence-electron chi connectivity index (χ4n) is 2.70. The molecule has 0 unspecified atom stereocenters. The summed E-state index contributed by atoms with van der Waals surface area (Å²) in [6.45, 7) is 3.14. The van der Waals surface area contributed by atoms with E-state index in [0.29, 0.717) is 19.7 Å². The molecule has 19 heavy (non-hydrogen) atoms. The Labute approximate surface area is 110 Å². The van der Waals surface area contributed by atoms with Crippen LogP contribution in [-0.2, 0) is 24.9 Å². The van der Waals surface area contributed by atoms with Crippen molar-refractivity contribution in [3.63, 3.8) is 0 Å². The molecule has 0 fully saturated rings. The van der Waals surface area contributed by atoms with Crippen LogP contribution in [-0.4, -0.2) is 22.2 Å². The first-order chi connectivity index (χ1) is 9.11. The molecule has 2 aromatic rings. The molecule has 2 heterocycles. The number of nitrogens with zero attached hydrogens (tertiary/aromatic N) is 2. The SMILES string of the molecule is CCOC(=O)N1Cc2c(n(C)c3ccc(F)cc23)C1. The fraction of sp³-hybridized carbons (Fsp3) is 0.357. The highest BCUT2D eigenvalue weighted by Gasteiger charge is 2.29. The quantitative estimate of drug-likeness (QED) is 0.792. The van der Waals surface area contributed by atoms with Crippen LogP contribution in [0.2, 0.25) is 0 Å². The summed E-state index contributed by atoms with van der Waals surface area (Å²) in [4.78, 5) is 13.4. The van der Waals surface area contributed by atoms with E-state index in [1.54, 1.807) is 17.9 Å². The summed E-state index contributed by atoms with van der Waals surface area (Å²) in [5.74, 6) is -0.254. The highest BCUT2D eigenvalue weighted by molar-refractivity contribution is 5.87. The third-order valence-corrected chi connectivity index (χ3v) is 3.61. The normalized spacial score (nSPS) is 13.9. The van der Waals surface area contributed by atoms with Crippen molar-refractivity contribution in [2.24, 2.45) is 7.05 Å². The van der Waals surface area contributed by atoms with Gasteiger partial charge in [0.05, 0.1) is 19.7 Å². The van der Waals surface area contributed by atoms with Crippen LogP contribution < -0.4 is 0 Å². The molecule has 1 aromatic carbocycles. The average molecular weight is 262 g/mol. The minimum Gasteiger partial charge on any atom is -0.450 e. The topological polar surface area (TPSA) is 34.5 Å². The Morgan fingerprint density at radius 3 is 2.95 bits per heavy atom. The van der Waals surface area contributed by atoms with Crippen LogP contribution in [0.15, 0.2) is 18.2 Å². The minimum absolute atomic E-state index is 0.254. The molecule has 0 saturated heterocycles. The minimum atomic E-state index is -0.316. The monoisotopic (exact) mass is 262 g/mol. The molecular weight excluding hydrogens is 247 g/mol. The Morgan fingerprint density at radius 2 is 2.21 bits per heavy atom. The van der Waals surface area contributed by atoms with Gasteiger partial charge in [-0.15, -0.1) is 0 Å². The molecule has 0 aliphatic carbocycles. The third kappa shape index (κ3) is 1.77. The molecule has 0 radical (unpaired) electrons. The van der Waals surface area contributed by atoms with Crippen molar-refractivity contribution in [2.75, 3.05) is 6.61 Å². The standard InChI is InChI=1S/C14H15FN2O2/c1-3-19-14(18)17-7-11-10-6-9(15)4-5-12(10)16(2)13(11)8-17/h4-6H,3,7-8H2,1-2H3. The molecule has 1 aliphatic rings. The Balaban J connectivity index is 2.02. The molecule has 0 saturated carbocycles. The summed E-state index contributed by atoms with van der Waals surface area (Å²) >= 11 is 0. The van der Waals surface area contributed by atoms with Crippen molar-refractivity contribution < 1.29 is 13.9 Å². The first-order valence-electron chi connectivity index (χ1n) is 6.29. The van der Waals surface area contributed by atoms with Crippen molar-refractivity contribution in [3.05, 3.63) is 35.3 Å². The van der Waals surface area contributed by atoms with Gasteiger partial charge >= 0.3 is 6.09 Å². The summed E-state index contributed by atoms with van der Waals surface area (Å²) in [7, 11) is 1.94. The van der Waals surface area contributed by atoms with Gasteiger partial charge in [0.2, 0.25) is 0 Å². The van der Waals surface area contributed by atoms with Crippen LogP contribution in [0.1, 0.15) is 18.2 Å². The second-order valence-electron chi connectivity index (χ2n) is 4.70. The molecule has 0 atom stereocenters. The maximum absolute atomic E-state index is 13.4. The van der Waals surface area contributed by atoms with Crippen molar-refractivity contribution in [1.29, 1.82) is 0 Å². The first-order valence-corrected chi connectivity index (χ1v) is 6.29. The van der Waals surface area contributed by atoms with E-state index >= 15 is 0 Å². The molecule has 0 bridgehead atoms. The number of rotatable bonds is 1. The van der Waals surface area contributed by atoms with Crippen molar-refractivity contribution >= 4 is 17.0 Å². The van der Waals surface area contributed by atoms with Crippen molar-refractivity contribution in [1.82, 2.24) is 9.47 Å². The number of fused-ring (bicyclic) bond motifs is 3. The maximum Gasteiger partial charge on any atom is 0.410 e. The molecule has 1 aromatic heterocycles. The second kappa shape index (κ2) is 4.26. The van der Waals surface area contributed by atoms with Gasteiger partial charge in [0, 0.05) is 29.2 Å². The maximum atomic E-state index is 13.4. The number of carbonyl (C=O) groups excluding carboxylic acids is 1. The number of halogens is 1.